The van der Waals surface area contributed by atoms with Crippen LogP contribution in [0.15, 0.2) is 24.7 Å². The summed E-state index contributed by atoms with van der Waals surface area (Å²) in [6, 6.07) is 1.88. The first-order valence-electron chi connectivity index (χ1n) is 7.70. The molecule has 8 heteroatoms. The molecule has 0 bridgehead atoms. The summed E-state index contributed by atoms with van der Waals surface area (Å²) in [5.41, 5.74) is 2.30. The van der Waals surface area contributed by atoms with Crippen molar-refractivity contribution in [2.45, 2.75) is 38.8 Å². The standard InChI is InChI=1S/C15H21N5O2S/c1-11(2)20-15(6-7-17-20)13-10-16-9-12(18-13)14-5-4-8-19(14)23(3,21)22/h6-7,9-11,14H,4-5,8H2,1-3H3/t14-/m0/s1. The maximum atomic E-state index is 11.9. The topological polar surface area (TPSA) is 81.0 Å². The first-order chi connectivity index (χ1) is 10.9. The van der Waals surface area contributed by atoms with Crippen LogP contribution in [0.4, 0.5) is 0 Å². The molecule has 2 aromatic rings. The molecule has 0 spiro atoms. The Labute approximate surface area is 136 Å². The van der Waals surface area contributed by atoms with Crippen molar-refractivity contribution in [2.24, 2.45) is 0 Å². The van der Waals surface area contributed by atoms with Crippen molar-refractivity contribution >= 4 is 10.0 Å². The molecule has 2 aromatic heterocycles. The Morgan fingerprint density at radius 3 is 2.78 bits per heavy atom. The van der Waals surface area contributed by atoms with Gasteiger partial charge >= 0.3 is 0 Å². The van der Waals surface area contributed by atoms with Crippen molar-refractivity contribution in [2.75, 3.05) is 12.8 Å². The number of sulfonamides is 1. The predicted molar refractivity (Wildman–Crippen MR) is 87.2 cm³/mol. The quantitative estimate of drug-likeness (QED) is 0.854. The Balaban J connectivity index is 1.99. The summed E-state index contributed by atoms with van der Waals surface area (Å²) in [6.45, 7) is 4.64. The van der Waals surface area contributed by atoms with E-state index in [-0.39, 0.29) is 12.1 Å². The molecule has 3 heterocycles. The summed E-state index contributed by atoms with van der Waals surface area (Å²) >= 11 is 0. The molecule has 0 aliphatic carbocycles. The number of rotatable bonds is 4. The fourth-order valence-corrected chi connectivity index (χ4v) is 4.16. The fourth-order valence-electron chi connectivity index (χ4n) is 3.03. The van der Waals surface area contributed by atoms with Gasteiger partial charge in [-0.05, 0) is 32.8 Å². The summed E-state index contributed by atoms with van der Waals surface area (Å²) in [7, 11) is -3.24. The minimum Gasteiger partial charge on any atom is -0.261 e. The minimum absolute atomic E-state index is 0.212. The van der Waals surface area contributed by atoms with Crippen LogP contribution in [0, 0.1) is 0 Å². The Morgan fingerprint density at radius 1 is 1.30 bits per heavy atom. The van der Waals surface area contributed by atoms with E-state index >= 15 is 0 Å². The third-order valence-electron chi connectivity index (χ3n) is 4.05. The molecule has 0 radical (unpaired) electrons. The van der Waals surface area contributed by atoms with E-state index in [1.165, 1.54) is 10.6 Å². The maximum Gasteiger partial charge on any atom is 0.211 e. The van der Waals surface area contributed by atoms with Crippen LogP contribution in [0.1, 0.15) is 44.5 Å². The van der Waals surface area contributed by atoms with E-state index in [2.05, 4.69) is 28.9 Å². The first kappa shape index (κ1) is 16.1. The molecule has 1 aliphatic rings. The van der Waals surface area contributed by atoms with Gasteiger partial charge in [-0.1, -0.05) is 0 Å². The van der Waals surface area contributed by atoms with E-state index in [0.717, 1.165) is 18.5 Å². The molecule has 23 heavy (non-hydrogen) atoms. The second kappa shape index (κ2) is 6.01. The molecule has 0 saturated carbocycles. The number of aromatic nitrogens is 4. The van der Waals surface area contributed by atoms with Gasteiger partial charge in [0.05, 0.1) is 36.1 Å². The highest BCUT2D eigenvalue weighted by Crippen LogP contribution is 2.33. The number of hydrogen-bond acceptors (Lipinski definition) is 5. The summed E-state index contributed by atoms with van der Waals surface area (Å²) in [6.07, 6.45) is 7.95. The average molecular weight is 335 g/mol. The SMILES string of the molecule is CC(C)n1nccc1-c1cncc([C@@H]2CCCN2S(C)(=O)=O)n1. The molecule has 124 valence electrons. The Hall–Kier alpha value is -1.80. The van der Waals surface area contributed by atoms with Gasteiger partial charge in [0.25, 0.3) is 0 Å². The molecule has 0 amide bonds. The molecule has 7 nitrogen and oxygen atoms in total. The van der Waals surface area contributed by atoms with Crippen molar-refractivity contribution in [1.29, 1.82) is 0 Å². The van der Waals surface area contributed by atoms with E-state index in [0.29, 0.717) is 17.9 Å². The predicted octanol–water partition coefficient (Wildman–Crippen LogP) is 2.02. The Bertz CT molecular complexity index is 800. The van der Waals surface area contributed by atoms with Crippen molar-refractivity contribution < 1.29 is 8.42 Å². The highest BCUT2D eigenvalue weighted by atomic mass is 32.2. The van der Waals surface area contributed by atoms with Crippen LogP contribution >= 0.6 is 0 Å². The van der Waals surface area contributed by atoms with Gasteiger partial charge in [-0.15, -0.1) is 0 Å². The molecule has 0 N–H and O–H groups in total. The summed E-state index contributed by atoms with van der Waals surface area (Å²) in [5, 5.41) is 4.32. The van der Waals surface area contributed by atoms with Gasteiger partial charge in [-0.25, -0.2) is 13.4 Å². The molecule has 0 unspecified atom stereocenters. The molecular weight excluding hydrogens is 314 g/mol. The highest BCUT2D eigenvalue weighted by molar-refractivity contribution is 7.88. The smallest absolute Gasteiger partial charge is 0.211 e. The molecule has 1 fully saturated rings. The van der Waals surface area contributed by atoms with Gasteiger partial charge in [-0.3, -0.25) is 9.67 Å². The summed E-state index contributed by atoms with van der Waals surface area (Å²) < 4.78 is 27.3. The molecule has 1 aliphatic heterocycles. The zero-order valence-corrected chi connectivity index (χ0v) is 14.4. The summed E-state index contributed by atoms with van der Waals surface area (Å²) in [5.74, 6) is 0. The normalized spacial score (nSPS) is 19.6. The van der Waals surface area contributed by atoms with Crippen LogP contribution in [0.2, 0.25) is 0 Å². The van der Waals surface area contributed by atoms with E-state index in [9.17, 15) is 8.42 Å². The van der Waals surface area contributed by atoms with Gasteiger partial charge in [0.2, 0.25) is 10.0 Å². The number of nitrogens with zero attached hydrogens (tertiary/aromatic N) is 5. The first-order valence-corrected chi connectivity index (χ1v) is 9.55. The van der Waals surface area contributed by atoms with Gasteiger partial charge < -0.3 is 0 Å². The van der Waals surface area contributed by atoms with Crippen LogP contribution in [0.3, 0.4) is 0 Å². The van der Waals surface area contributed by atoms with Crippen LogP contribution < -0.4 is 0 Å². The largest absolute Gasteiger partial charge is 0.261 e. The van der Waals surface area contributed by atoms with E-state index < -0.39 is 10.0 Å². The molecule has 0 aromatic carbocycles. The summed E-state index contributed by atoms with van der Waals surface area (Å²) in [4.78, 5) is 8.95. The second-order valence-corrected chi connectivity index (χ2v) is 8.05. The lowest BCUT2D eigenvalue weighted by molar-refractivity contribution is 0.393. The van der Waals surface area contributed by atoms with Crippen molar-refractivity contribution in [3.8, 4) is 11.4 Å². The third-order valence-corrected chi connectivity index (χ3v) is 5.34. The average Bonchev–Trinajstić information content (AvgIpc) is 3.16. The van der Waals surface area contributed by atoms with Crippen LogP contribution in [-0.2, 0) is 10.0 Å². The Morgan fingerprint density at radius 2 is 2.09 bits per heavy atom. The lowest BCUT2D eigenvalue weighted by Gasteiger charge is -2.21. The molecule has 1 atom stereocenters. The van der Waals surface area contributed by atoms with E-state index in [1.807, 2.05) is 10.7 Å². The zero-order valence-electron chi connectivity index (χ0n) is 13.5. The third kappa shape index (κ3) is 3.13. The molecular formula is C15H21N5O2S. The van der Waals surface area contributed by atoms with Gasteiger partial charge in [0.1, 0.15) is 5.69 Å². The lowest BCUT2D eigenvalue weighted by atomic mass is 10.1. The monoisotopic (exact) mass is 335 g/mol. The molecule has 1 saturated heterocycles. The second-order valence-electron chi connectivity index (χ2n) is 6.12. The van der Waals surface area contributed by atoms with Crippen LogP contribution in [0.25, 0.3) is 11.4 Å². The van der Waals surface area contributed by atoms with Gasteiger partial charge in [0.15, 0.2) is 0 Å². The van der Waals surface area contributed by atoms with E-state index in [4.69, 9.17) is 0 Å². The molecule has 3 rings (SSSR count). The van der Waals surface area contributed by atoms with Crippen molar-refractivity contribution in [3.63, 3.8) is 0 Å². The Kier molecular flexibility index (Phi) is 4.20. The zero-order chi connectivity index (χ0) is 16.6. The van der Waals surface area contributed by atoms with Crippen molar-refractivity contribution in [3.05, 3.63) is 30.4 Å². The lowest BCUT2D eigenvalue weighted by Crippen LogP contribution is -2.30. The van der Waals surface area contributed by atoms with Crippen LogP contribution in [0.5, 0.6) is 0 Å². The fraction of sp³-hybridized carbons (Fsp3) is 0.533. The minimum atomic E-state index is -3.24. The maximum absolute atomic E-state index is 11.9. The van der Waals surface area contributed by atoms with Gasteiger partial charge in [0, 0.05) is 18.8 Å². The van der Waals surface area contributed by atoms with Crippen molar-refractivity contribution in [1.82, 2.24) is 24.1 Å². The van der Waals surface area contributed by atoms with Crippen LogP contribution in [-0.4, -0.2) is 45.3 Å². The van der Waals surface area contributed by atoms with Gasteiger partial charge in [-0.2, -0.15) is 9.40 Å². The van der Waals surface area contributed by atoms with E-state index in [1.54, 1.807) is 18.6 Å². The highest BCUT2D eigenvalue weighted by Gasteiger charge is 2.33. The number of hydrogen-bond donors (Lipinski definition) is 0.